The summed E-state index contributed by atoms with van der Waals surface area (Å²) in [4.78, 5) is 18.6. The fraction of sp³-hybridized carbons (Fsp3) is 0.500. The first-order chi connectivity index (χ1) is 9.91. The molecule has 5 heteroatoms. The van der Waals surface area contributed by atoms with Crippen molar-refractivity contribution in [2.45, 2.75) is 39.8 Å². The van der Waals surface area contributed by atoms with Gasteiger partial charge in [-0.15, -0.1) is 0 Å². The quantitative estimate of drug-likeness (QED) is 0.888. The van der Waals surface area contributed by atoms with E-state index in [2.05, 4.69) is 23.7 Å². The van der Waals surface area contributed by atoms with Crippen molar-refractivity contribution in [3.63, 3.8) is 0 Å². The summed E-state index contributed by atoms with van der Waals surface area (Å²) in [6.07, 6.45) is 0. The van der Waals surface area contributed by atoms with Crippen LogP contribution in [-0.4, -0.2) is 38.6 Å². The normalized spacial score (nSPS) is 12.2. The molecule has 0 aliphatic rings. The monoisotopic (exact) mass is 289 g/mol. The van der Waals surface area contributed by atoms with Crippen LogP contribution in [0.4, 0.5) is 0 Å². The number of benzene rings is 1. The van der Waals surface area contributed by atoms with Crippen molar-refractivity contribution in [2.75, 3.05) is 13.1 Å². The largest absolute Gasteiger partial charge is 0.480 e. The molecule has 1 heterocycles. The molecule has 0 saturated heterocycles. The van der Waals surface area contributed by atoms with Gasteiger partial charge < -0.3 is 9.67 Å². The fourth-order valence-electron chi connectivity index (χ4n) is 2.55. The number of nitrogens with zero attached hydrogens (tertiary/aromatic N) is 3. The Hall–Kier alpha value is -1.88. The first-order valence-electron chi connectivity index (χ1n) is 7.34. The van der Waals surface area contributed by atoms with Crippen LogP contribution in [-0.2, 0) is 16.9 Å². The predicted octanol–water partition coefficient (Wildman–Crippen LogP) is 2.70. The lowest BCUT2D eigenvalue weighted by Crippen LogP contribution is -2.38. The number of aliphatic carboxylic acids is 1. The molecule has 5 nitrogen and oxygen atoms in total. The van der Waals surface area contributed by atoms with Gasteiger partial charge in [-0.1, -0.05) is 26.0 Å². The molecular formula is C16H23N3O2. The van der Waals surface area contributed by atoms with E-state index in [1.54, 1.807) is 13.8 Å². The van der Waals surface area contributed by atoms with Crippen LogP contribution in [0, 0.1) is 0 Å². The van der Waals surface area contributed by atoms with Crippen LogP contribution in [0.15, 0.2) is 24.3 Å². The van der Waals surface area contributed by atoms with Crippen LogP contribution in [0.3, 0.4) is 0 Å². The van der Waals surface area contributed by atoms with Crippen LogP contribution in [0.5, 0.6) is 0 Å². The van der Waals surface area contributed by atoms with E-state index in [-0.39, 0.29) is 0 Å². The van der Waals surface area contributed by atoms with Gasteiger partial charge in [-0.3, -0.25) is 4.90 Å². The zero-order valence-electron chi connectivity index (χ0n) is 13.1. The van der Waals surface area contributed by atoms with Gasteiger partial charge in [0.05, 0.1) is 17.6 Å². The standard InChI is InChI=1S/C16H23N3O2/c1-5-18(6-2)11-14-17-12-9-7-8-10-13(12)19(14)16(3,4)15(20)21/h7-10H,5-6,11H2,1-4H3,(H,20,21). The van der Waals surface area contributed by atoms with Crippen LogP contribution in [0.1, 0.15) is 33.5 Å². The highest BCUT2D eigenvalue weighted by atomic mass is 16.4. The third-order valence-corrected chi connectivity index (χ3v) is 3.97. The Morgan fingerprint density at radius 2 is 1.90 bits per heavy atom. The molecule has 0 unspecified atom stereocenters. The molecule has 1 aromatic carbocycles. The number of para-hydroxylation sites is 2. The van der Waals surface area contributed by atoms with Gasteiger partial charge in [0.2, 0.25) is 0 Å². The SMILES string of the molecule is CCN(CC)Cc1nc2ccccc2n1C(C)(C)C(=O)O. The van der Waals surface area contributed by atoms with E-state index in [0.717, 1.165) is 29.9 Å². The van der Waals surface area contributed by atoms with E-state index < -0.39 is 11.5 Å². The summed E-state index contributed by atoms with van der Waals surface area (Å²) in [6, 6.07) is 7.70. The van der Waals surface area contributed by atoms with Gasteiger partial charge in [0.15, 0.2) is 0 Å². The number of hydrogen-bond acceptors (Lipinski definition) is 3. The van der Waals surface area contributed by atoms with Gasteiger partial charge in [0.1, 0.15) is 11.4 Å². The van der Waals surface area contributed by atoms with Crippen molar-refractivity contribution in [2.24, 2.45) is 0 Å². The number of carbonyl (C=O) groups is 1. The average molecular weight is 289 g/mol. The van der Waals surface area contributed by atoms with Crippen molar-refractivity contribution in [3.05, 3.63) is 30.1 Å². The van der Waals surface area contributed by atoms with Gasteiger partial charge in [0.25, 0.3) is 0 Å². The van der Waals surface area contributed by atoms with Crippen molar-refractivity contribution in [1.29, 1.82) is 0 Å². The maximum absolute atomic E-state index is 11.7. The molecule has 0 radical (unpaired) electrons. The molecule has 1 N–H and O–H groups in total. The minimum atomic E-state index is -1.03. The summed E-state index contributed by atoms with van der Waals surface area (Å²) in [5.74, 6) is -0.0567. The van der Waals surface area contributed by atoms with E-state index in [1.165, 1.54) is 0 Å². The number of carboxylic acids is 1. The van der Waals surface area contributed by atoms with Gasteiger partial charge in [-0.05, 0) is 39.1 Å². The van der Waals surface area contributed by atoms with E-state index in [0.29, 0.717) is 6.54 Å². The second-order valence-electron chi connectivity index (χ2n) is 5.68. The molecular weight excluding hydrogens is 266 g/mol. The highest BCUT2D eigenvalue weighted by molar-refractivity contribution is 5.82. The summed E-state index contributed by atoms with van der Waals surface area (Å²) >= 11 is 0. The molecule has 0 saturated carbocycles. The van der Waals surface area contributed by atoms with Crippen molar-refractivity contribution in [3.8, 4) is 0 Å². The fourth-order valence-corrected chi connectivity index (χ4v) is 2.55. The first kappa shape index (κ1) is 15.5. The number of fused-ring (bicyclic) bond motifs is 1. The van der Waals surface area contributed by atoms with Gasteiger partial charge >= 0.3 is 5.97 Å². The van der Waals surface area contributed by atoms with E-state index in [4.69, 9.17) is 0 Å². The second-order valence-corrected chi connectivity index (χ2v) is 5.68. The molecule has 0 spiro atoms. The van der Waals surface area contributed by atoms with Gasteiger partial charge in [-0.2, -0.15) is 0 Å². The molecule has 21 heavy (non-hydrogen) atoms. The highest BCUT2D eigenvalue weighted by Gasteiger charge is 2.33. The molecule has 0 atom stereocenters. The number of carboxylic acid groups (broad SMARTS) is 1. The minimum absolute atomic E-state index is 0.651. The summed E-state index contributed by atoms with van der Waals surface area (Å²) in [6.45, 7) is 10.1. The van der Waals surface area contributed by atoms with Crippen LogP contribution >= 0.6 is 0 Å². The third kappa shape index (κ3) is 2.78. The van der Waals surface area contributed by atoms with E-state index >= 15 is 0 Å². The van der Waals surface area contributed by atoms with Gasteiger partial charge in [0, 0.05) is 0 Å². The summed E-state index contributed by atoms with van der Waals surface area (Å²) < 4.78 is 1.85. The zero-order chi connectivity index (χ0) is 15.6. The smallest absolute Gasteiger partial charge is 0.329 e. The second kappa shape index (κ2) is 5.85. The minimum Gasteiger partial charge on any atom is -0.480 e. The molecule has 114 valence electrons. The molecule has 0 bridgehead atoms. The molecule has 0 fully saturated rings. The lowest BCUT2D eigenvalue weighted by molar-refractivity contribution is -0.145. The van der Waals surface area contributed by atoms with E-state index in [1.807, 2.05) is 28.8 Å². The van der Waals surface area contributed by atoms with Crippen molar-refractivity contribution >= 4 is 17.0 Å². The van der Waals surface area contributed by atoms with E-state index in [9.17, 15) is 9.90 Å². The lowest BCUT2D eigenvalue weighted by atomic mass is 10.1. The molecule has 1 aromatic heterocycles. The first-order valence-corrected chi connectivity index (χ1v) is 7.34. The van der Waals surface area contributed by atoms with Crippen LogP contribution in [0.2, 0.25) is 0 Å². The summed E-state index contributed by atoms with van der Waals surface area (Å²) in [5.41, 5.74) is 0.680. The van der Waals surface area contributed by atoms with Gasteiger partial charge in [-0.25, -0.2) is 9.78 Å². The third-order valence-electron chi connectivity index (χ3n) is 3.97. The highest BCUT2D eigenvalue weighted by Crippen LogP contribution is 2.26. The van der Waals surface area contributed by atoms with Crippen molar-refractivity contribution < 1.29 is 9.90 Å². The van der Waals surface area contributed by atoms with Crippen molar-refractivity contribution in [1.82, 2.24) is 14.5 Å². The number of aromatic nitrogens is 2. The molecule has 2 rings (SSSR count). The maximum atomic E-state index is 11.7. The lowest BCUT2D eigenvalue weighted by Gasteiger charge is -2.26. The topological polar surface area (TPSA) is 58.4 Å². The average Bonchev–Trinajstić information content (AvgIpc) is 2.82. The Bertz CT molecular complexity index is 642. The Labute approximate surface area is 125 Å². The Balaban J connectivity index is 2.61. The predicted molar refractivity (Wildman–Crippen MR) is 83.3 cm³/mol. The summed E-state index contributed by atoms with van der Waals surface area (Å²) in [7, 11) is 0. The summed E-state index contributed by atoms with van der Waals surface area (Å²) in [5, 5.41) is 9.58. The molecule has 0 aliphatic carbocycles. The Morgan fingerprint density at radius 1 is 1.29 bits per heavy atom. The molecule has 2 aromatic rings. The maximum Gasteiger partial charge on any atom is 0.329 e. The molecule has 0 amide bonds. The zero-order valence-corrected chi connectivity index (χ0v) is 13.1. The number of imidazole rings is 1. The molecule has 0 aliphatic heterocycles. The Morgan fingerprint density at radius 3 is 2.48 bits per heavy atom. The Kier molecular flexibility index (Phi) is 4.32. The number of hydrogen-bond donors (Lipinski definition) is 1. The van der Waals surface area contributed by atoms with Crippen LogP contribution < -0.4 is 0 Å². The van der Waals surface area contributed by atoms with Crippen LogP contribution in [0.25, 0.3) is 11.0 Å². The number of rotatable bonds is 6.